The van der Waals surface area contributed by atoms with Crippen molar-refractivity contribution in [3.63, 3.8) is 0 Å². The zero-order chi connectivity index (χ0) is 21.5. The normalized spacial score (nSPS) is 13.2. The number of urea groups is 1. The highest BCUT2D eigenvalue weighted by molar-refractivity contribution is 5.99. The molecule has 0 bridgehead atoms. The summed E-state index contributed by atoms with van der Waals surface area (Å²) in [5, 5.41) is 9.98. The topological polar surface area (TPSA) is 105 Å². The molecule has 0 radical (unpaired) electrons. The molecule has 1 aliphatic carbocycles. The first kappa shape index (κ1) is 19.8. The Hall–Kier alpha value is -3.49. The third-order valence-corrected chi connectivity index (χ3v) is 4.95. The predicted octanol–water partition coefficient (Wildman–Crippen LogP) is 3.52. The van der Waals surface area contributed by atoms with Crippen LogP contribution in [0.15, 0.2) is 35.1 Å². The van der Waals surface area contributed by atoms with E-state index >= 15 is 0 Å². The Bertz CT molecular complexity index is 1160. The first-order valence-corrected chi connectivity index (χ1v) is 9.77. The van der Waals surface area contributed by atoms with Crippen LogP contribution in [-0.2, 0) is 18.3 Å². The minimum Gasteiger partial charge on any atom is -0.308 e. The summed E-state index contributed by atoms with van der Waals surface area (Å²) in [6.07, 6.45) is 2.36. The molecule has 0 saturated heterocycles. The van der Waals surface area contributed by atoms with E-state index in [9.17, 15) is 14.0 Å². The lowest BCUT2D eigenvalue weighted by molar-refractivity contribution is 0.262. The Morgan fingerprint density at radius 3 is 2.60 bits per heavy atom. The molecular formula is C21H23FN6O2. The van der Waals surface area contributed by atoms with Crippen LogP contribution in [0.25, 0.3) is 5.95 Å². The number of rotatable bonds is 3. The van der Waals surface area contributed by atoms with Crippen molar-refractivity contribution in [3.8, 4) is 5.95 Å². The summed E-state index contributed by atoms with van der Waals surface area (Å²) >= 11 is 0. The van der Waals surface area contributed by atoms with E-state index < -0.39 is 6.03 Å². The molecule has 1 aliphatic rings. The van der Waals surface area contributed by atoms with Gasteiger partial charge in [0.05, 0.1) is 11.4 Å². The third kappa shape index (κ3) is 3.96. The molecule has 3 aromatic rings. The minimum atomic E-state index is -0.522. The van der Waals surface area contributed by atoms with E-state index in [1.807, 2.05) is 20.8 Å². The molecule has 2 heterocycles. The van der Waals surface area contributed by atoms with Crippen LogP contribution < -0.4 is 16.2 Å². The van der Waals surface area contributed by atoms with Gasteiger partial charge in [0.1, 0.15) is 11.6 Å². The number of aromatic nitrogens is 4. The number of carbonyl (C=O) groups excluding carboxylic acids is 1. The summed E-state index contributed by atoms with van der Waals surface area (Å²) in [7, 11) is 0. The van der Waals surface area contributed by atoms with Crippen molar-refractivity contribution < 1.29 is 9.18 Å². The molecule has 1 aromatic carbocycles. The van der Waals surface area contributed by atoms with Gasteiger partial charge in [-0.3, -0.25) is 15.1 Å². The van der Waals surface area contributed by atoms with Crippen LogP contribution in [0.2, 0.25) is 0 Å². The number of nitrogens with one attached hydrogen (secondary N) is 3. The predicted molar refractivity (Wildman–Crippen MR) is 112 cm³/mol. The molecule has 0 unspecified atom stereocenters. The lowest BCUT2D eigenvalue weighted by Crippen LogP contribution is -2.23. The fourth-order valence-electron chi connectivity index (χ4n) is 3.34. The van der Waals surface area contributed by atoms with E-state index in [2.05, 4.69) is 25.7 Å². The summed E-state index contributed by atoms with van der Waals surface area (Å²) in [5.41, 5.74) is 2.19. The molecule has 156 valence electrons. The number of aryl methyl sites for hydroxylation is 1. The molecule has 30 heavy (non-hydrogen) atoms. The summed E-state index contributed by atoms with van der Waals surface area (Å²) in [6, 6.07) is 6.68. The Kier molecular flexibility index (Phi) is 4.89. The van der Waals surface area contributed by atoms with Gasteiger partial charge in [-0.2, -0.15) is 9.78 Å². The van der Waals surface area contributed by atoms with Gasteiger partial charge in [0, 0.05) is 22.7 Å². The Morgan fingerprint density at radius 1 is 1.17 bits per heavy atom. The van der Waals surface area contributed by atoms with Gasteiger partial charge >= 0.3 is 6.03 Å². The third-order valence-electron chi connectivity index (χ3n) is 4.95. The van der Waals surface area contributed by atoms with Crippen LogP contribution >= 0.6 is 0 Å². The highest BCUT2D eigenvalue weighted by Gasteiger charge is 2.24. The first-order valence-electron chi connectivity index (χ1n) is 9.77. The number of benzene rings is 1. The zero-order valence-corrected chi connectivity index (χ0v) is 17.0. The number of hydrogen-bond acceptors (Lipinski definition) is 4. The maximum absolute atomic E-state index is 13.1. The van der Waals surface area contributed by atoms with Crippen molar-refractivity contribution in [1.82, 2.24) is 19.7 Å². The van der Waals surface area contributed by atoms with Crippen LogP contribution in [0.5, 0.6) is 0 Å². The second kappa shape index (κ2) is 7.40. The Morgan fingerprint density at radius 2 is 1.90 bits per heavy atom. The van der Waals surface area contributed by atoms with Crippen molar-refractivity contribution in [2.75, 3.05) is 10.6 Å². The van der Waals surface area contributed by atoms with Crippen molar-refractivity contribution in [1.29, 1.82) is 0 Å². The van der Waals surface area contributed by atoms with Gasteiger partial charge in [0.15, 0.2) is 0 Å². The molecule has 2 aromatic heterocycles. The van der Waals surface area contributed by atoms with Gasteiger partial charge in [0.25, 0.3) is 5.56 Å². The van der Waals surface area contributed by atoms with Gasteiger partial charge in [-0.05, 0) is 43.5 Å². The maximum atomic E-state index is 13.1. The molecule has 3 N–H and O–H groups in total. The molecule has 8 nitrogen and oxygen atoms in total. The number of fused-ring (bicyclic) bond motifs is 1. The molecule has 0 atom stereocenters. The largest absolute Gasteiger partial charge is 0.324 e. The molecule has 2 amide bonds. The van der Waals surface area contributed by atoms with Crippen LogP contribution in [0.4, 0.5) is 20.7 Å². The average molecular weight is 410 g/mol. The fourth-order valence-corrected chi connectivity index (χ4v) is 3.34. The monoisotopic (exact) mass is 410 g/mol. The Labute approximate surface area is 172 Å². The number of hydrogen-bond donors (Lipinski definition) is 3. The molecule has 0 spiro atoms. The second-order valence-corrected chi connectivity index (χ2v) is 8.33. The number of amides is 2. The van der Waals surface area contributed by atoms with Gasteiger partial charge in [-0.15, -0.1) is 0 Å². The van der Waals surface area contributed by atoms with Crippen molar-refractivity contribution in [2.24, 2.45) is 0 Å². The summed E-state index contributed by atoms with van der Waals surface area (Å²) in [5.74, 6) is 0.231. The lowest BCUT2D eigenvalue weighted by Gasteiger charge is -2.14. The Balaban J connectivity index is 1.68. The van der Waals surface area contributed by atoms with Crippen LogP contribution in [0, 0.1) is 5.82 Å². The van der Waals surface area contributed by atoms with Crippen molar-refractivity contribution in [3.05, 3.63) is 63.5 Å². The maximum Gasteiger partial charge on any atom is 0.324 e. The van der Waals surface area contributed by atoms with Gasteiger partial charge in [0.2, 0.25) is 5.95 Å². The molecule has 0 saturated carbocycles. The highest BCUT2D eigenvalue weighted by Crippen LogP contribution is 2.26. The molecule has 4 rings (SSSR count). The molecule has 9 heteroatoms. The first-order chi connectivity index (χ1) is 14.2. The van der Waals surface area contributed by atoms with Gasteiger partial charge in [-0.25, -0.2) is 14.2 Å². The number of carbonyl (C=O) groups is 1. The summed E-state index contributed by atoms with van der Waals surface area (Å²) < 4.78 is 14.5. The van der Waals surface area contributed by atoms with E-state index in [0.717, 1.165) is 30.7 Å². The number of nitrogens with zero attached hydrogens (tertiary/aromatic N) is 3. The van der Waals surface area contributed by atoms with Crippen LogP contribution in [-0.4, -0.2) is 25.8 Å². The number of H-pyrrole nitrogens is 1. The summed E-state index contributed by atoms with van der Waals surface area (Å²) in [6.45, 7) is 6.00. The SMILES string of the molecule is CC(C)(C)c1cc(NC(=O)Nc2ccc(F)cc2)n(-c2nc3c(c(=O)[nH]2)CCC3)n1. The van der Waals surface area contributed by atoms with E-state index in [0.29, 0.717) is 17.1 Å². The fraction of sp³-hybridized carbons (Fsp3) is 0.333. The smallest absolute Gasteiger partial charge is 0.308 e. The number of anilines is 2. The second-order valence-electron chi connectivity index (χ2n) is 8.33. The minimum absolute atomic E-state index is 0.179. The quantitative estimate of drug-likeness (QED) is 0.614. The summed E-state index contributed by atoms with van der Waals surface area (Å²) in [4.78, 5) is 32.3. The van der Waals surface area contributed by atoms with Crippen molar-refractivity contribution >= 4 is 17.5 Å². The van der Waals surface area contributed by atoms with Crippen LogP contribution in [0.3, 0.4) is 0 Å². The van der Waals surface area contributed by atoms with E-state index in [-0.39, 0.29) is 22.7 Å². The van der Waals surface area contributed by atoms with Gasteiger partial charge in [-0.1, -0.05) is 20.8 Å². The standard InChI is InChI=1S/C21H23FN6O2/c1-21(2,3)16-11-17(25-20(30)23-13-9-7-12(22)8-10-13)28(27-16)19-24-15-6-4-5-14(15)18(29)26-19/h7-11H,4-6H2,1-3H3,(H2,23,25,30)(H,24,26,29). The van der Waals surface area contributed by atoms with Crippen molar-refractivity contribution in [2.45, 2.75) is 45.4 Å². The zero-order valence-electron chi connectivity index (χ0n) is 17.0. The number of halogens is 1. The molecular weight excluding hydrogens is 387 g/mol. The number of aromatic amines is 1. The lowest BCUT2D eigenvalue weighted by atomic mass is 9.92. The van der Waals surface area contributed by atoms with Gasteiger partial charge < -0.3 is 5.32 Å². The molecule has 0 aliphatic heterocycles. The van der Waals surface area contributed by atoms with Crippen LogP contribution in [0.1, 0.15) is 44.1 Å². The van der Waals surface area contributed by atoms with E-state index in [1.165, 1.54) is 28.9 Å². The van der Waals surface area contributed by atoms with E-state index in [4.69, 9.17) is 0 Å². The molecule has 0 fully saturated rings. The van der Waals surface area contributed by atoms with E-state index in [1.54, 1.807) is 6.07 Å². The average Bonchev–Trinajstić information content (AvgIpc) is 3.30. The highest BCUT2D eigenvalue weighted by atomic mass is 19.1.